The van der Waals surface area contributed by atoms with Crippen LogP contribution in [0, 0.1) is 0 Å². The molecule has 0 bridgehead atoms. The molecule has 0 aliphatic carbocycles. The summed E-state index contributed by atoms with van der Waals surface area (Å²) in [6.45, 7) is 10.8. The molecule has 1 aliphatic rings. The minimum atomic E-state index is 0. The first-order valence-electron chi connectivity index (χ1n) is 8.61. The number of guanidine groups is 1. The van der Waals surface area contributed by atoms with Gasteiger partial charge in [-0.05, 0) is 38.1 Å². The van der Waals surface area contributed by atoms with Crippen LogP contribution in [0.25, 0.3) is 0 Å². The largest absolute Gasteiger partial charge is 0.469 e. The van der Waals surface area contributed by atoms with E-state index in [1.54, 1.807) is 6.26 Å². The third kappa shape index (κ3) is 6.47. The summed E-state index contributed by atoms with van der Waals surface area (Å²) in [6.07, 6.45) is 6.98. The molecule has 6 heteroatoms. The molecule has 1 aromatic heterocycles. The quantitative estimate of drug-likeness (QED) is 0.289. The van der Waals surface area contributed by atoms with E-state index in [1.807, 2.05) is 18.2 Å². The van der Waals surface area contributed by atoms with Gasteiger partial charge in [0, 0.05) is 39.1 Å². The number of nitrogens with one attached hydrogen (secondary N) is 1. The minimum Gasteiger partial charge on any atom is -0.469 e. The van der Waals surface area contributed by atoms with Gasteiger partial charge in [-0.25, -0.2) is 0 Å². The number of hydrogen-bond donors (Lipinski definition) is 1. The molecular formula is C18H31IN4O. The van der Waals surface area contributed by atoms with Crippen LogP contribution in [0.3, 0.4) is 0 Å². The zero-order chi connectivity index (χ0) is 16.5. The summed E-state index contributed by atoms with van der Waals surface area (Å²) in [4.78, 5) is 9.53. The molecule has 2 rings (SSSR count). The Hall–Kier alpha value is -1.02. The fourth-order valence-electron chi connectivity index (χ4n) is 3.12. The lowest BCUT2D eigenvalue weighted by molar-refractivity contribution is 0.233. The van der Waals surface area contributed by atoms with Crippen LogP contribution in [0.15, 0.2) is 40.5 Å². The maximum atomic E-state index is 5.37. The van der Waals surface area contributed by atoms with Crippen LogP contribution in [0.4, 0.5) is 0 Å². The van der Waals surface area contributed by atoms with E-state index in [1.165, 1.54) is 19.4 Å². The van der Waals surface area contributed by atoms with Crippen molar-refractivity contribution < 1.29 is 4.42 Å². The topological polar surface area (TPSA) is 44.0 Å². The monoisotopic (exact) mass is 446 g/mol. The van der Waals surface area contributed by atoms with E-state index in [4.69, 9.17) is 9.41 Å². The highest BCUT2D eigenvalue weighted by molar-refractivity contribution is 14.0. The third-order valence-electron chi connectivity index (χ3n) is 4.36. The Bertz CT molecular complexity index is 489. The molecule has 24 heavy (non-hydrogen) atoms. The van der Waals surface area contributed by atoms with Gasteiger partial charge in [0.05, 0.1) is 6.26 Å². The van der Waals surface area contributed by atoms with Crippen LogP contribution in [-0.2, 0) is 6.42 Å². The third-order valence-corrected chi connectivity index (χ3v) is 4.36. The van der Waals surface area contributed by atoms with Crippen molar-refractivity contribution in [2.75, 3.05) is 39.8 Å². The molecule has 1 aromatic rings. The molecule has 0 saturated carbocycles. The second-order valence-electron chi connectivity index (χ2n) is 6.01. The number of likely N-dealkylation sites (N-methyl/N-ethyl adjacent to an activating group) is 2. The lowest BCUT2D eigenvalue weighted by Crippen LogP contribution is -2.46. The smallest absolute Gasteiger partial charge is 0.193 e. The molecule has 0 radical (unpaired) electrons. The lowest BCUT2D eigenvalue weighted by atomic mass is 10.2. The van der Waals surface area contributed by atoms with E-state index in [9.17, 15) is 0 Å². The van der Waals surface area contributed by atoms with E-state index in [0.29, 0.717) is 6.04 Å². The van der Waals surface area contributed by atoms with Gasteiger partial charge in [0.25, 0.3) is 0 Å². The molecule has 1 N–H and O–H groups in total. The summed E-state index contributed by atoms with van der Waals surface area (Å²) in [5.74, 6) is 1.92. The van der Waals surface area contributed by atoms with Crippen molar-refractivity contribution in [1.82, 2.24) is 15.1 Å². The zero-order valence-corrected chi connectivity index (χ0v) is 17.2. The normalized spacial score (nSPS) is 18.2. The van der Waals surface area contributed by atoms with Crippen LogP contribution in [0.5, 0.6) is 0 Å². The number of rotatable bonds is 8. The number of nitrogens with zero attached hydrogens (tertiary/aromatic N) is 3. The summed E-state index contributed by atoms with van der Waals surface area (Å²) in [5, 5.41) is 3.36. The fraction of sp³-hybridized carbons (Fsp3) is 0.611. The van der Waals surface area contributed by atoms with Gasteiger partial charge in [0.15, 0.2) is 5.96 Å². The number of hydrogen-bond acceptors (Lipinski definition) is 3. The van der Waals surface area contributed by atoms with Crippen molar-refractivity contribution in [2.24, 2.45) is 4.99 Å². The van der Waals surface area contributed by atoms with E-state index in [-0.39, 0.29) is 24.0 Å². The van der Waals surface area contributed by atoms with Gasteiger partial charge in [-0.15, -0.1) is 30.6 Å². The average Bonchev–Trinajstić information content (AvgIpc) is 3.21. The number of halogens is 1. The van der Waals surface area contributed by atoms with E-state index < -0.39 is 0 Å². The second kappa shape index (κ2) is 11.5. The minimum absolute atomic E-state index is 0. The summed E-state index contributed by atoms with van der Waals surface area (Å²) >= 11 is 0. The average molecular weight is 446 g/mol. The van der Waals surface area contributed by atoms with Gasteiger partial charge < -0.3 is 14.6 Å². The maximum absolute atomic E-state index is 5.37. The molecule has 136 valence electrons. The van der Waals surface area contributed by atoms with Crippen molar-refractivity contribution >= 4 is 29.9 Å². The van der Waals surface area contributed by atoms with Crippen LogP contribution >= 0.6 is 24.0 Å². The molecule has 1 aliphatic heterocycles. The zero-order valence-electron chi connectivity index (χ0n) is 14.9. The predicted molar refractivity (Wildman–Crippen MR) is 111 cm³/mol. The van der Waals surface area contributed by atoms with Crippen molar-refractivity contribution in [1.29, 1.82) is 0 Å². The van der Waals surface area contributed by atoms with Crippen LogP contribution < -0.4 is 5.32 Å². The van der Waals surface area contributed by atoms with Gasteiger partial charge >= 0.3 is 0 Å². The molecule has 5 nitrogen and oxygen atoms in total. The SMILES string of the molecule is C=CCNC(=NCCc1ccco1)N(C)CC1CCCN1CC.I. The van der Waals surface area contributed by atoms with Crippen LogP contribution in [0.1, 0.15) is 25.5 Å². The molecule has 1 atom stereocenters. The van der Waals surface area contributed by atoms with Crippen molar-refractivity contribution in [3.8, 4) is 0 Å². The standard InChI is InChI=1S/C18H30N4O.HI/c1-4-11-19-18(20-12-10-17-9-7-14-23-17)21(3)15-16-8-6-13-22(16)5-2;/h4,7,9,14,16H,1,5-6,8,10-13,15H2,2-3H3,(H,19,20);1H. The Kier molecular flexibility index (Phi) is 10.1. The predicted octanol–water partition coefficient (Wildman–Crippen LogP) is 2.99. The van der Waals surface area contributed by atoms with Gasteiger partial charge in [0.1, 0.15) is 5.76 Å². The van der Waals surface area contributed by atoms with Gasteiger partial charge in [-0.2, -0.15) is 0 Å². The Morgan fingerprint density at radius 2 is 2.42 bits per heavy atom. The Morgan fingerprint density at radius 3 is 3.08 bits per heavy atom. The fourth-order valence-corrected chi connectivity index (χ4v) is 3.12. The Balaban J connectivity index is 0.00000288. The Labute approximate surface area is 163 Å². The van der Waals surface area contributed by atoms with Crippen molar-refractivity contribution in [3.05, 3.63) is 36.8 Å². The van der Waals surface area contributed by atoms with E-state index in [0.717, 1.165) is 44.3 Å². The van der Waals surface area contributed by atoms with Gasteiger partial charge in [0.2, 0.25) is 0 Å². The van der Waals surface area contributed by atoms with Crippen LogP contribution in [0.2, 0.25) is 0 Å². The second-order valence-corrected chi connectivity index (χ2v) is 6.01. The Morgan fingerprint density at radius 1 is 1.58 bits per heavy atom. The molecule has 1 saturated heterocycles. The molecular weight excluding hydrogens is 415 g/mol. The molecule has 1 fully saturated rings. The number of likely N-dealkylation sites (tertiary alicyclic amines) is 1. The maximum Gasteiger partial charge on any atom is 0.193 e. The number of aliphatic imine (C=N–C) groups is 1. The first-order valence-corrected chi connectivity index (χ1v) is 8.61. The highest BCUT2D eigenvalue weighted by Crippen LogP contribution is 2.17. The van der Waals surface area contributed by atoms with Crippen LogP contribution in [-0.4, -0.2) is 61.6 Å². The highest BCUT2D eigenvalue weighted by Gasteiger charge is 2.24. The summed E-state index contributed by atoms with van der Waals surface area (Å²) in [6, 6.07) is 4.54. The van der Waals surface area contributed by atoms with Gasteiger partial charge in [-0.3, -0.25) is 9.89 Å². The summed E-state index contributed by atoms with van der Waals surface area (Å²) < 4.78 is 5.37. The number of furan rings is 1. The molecule has 2 heterocycles. The van der Waals surface area contributed by atoms with Crippen molar-refractivity contribution in [3.63, 3.8) is 0 Å². The van der Waals surface area contributed by atoms with E-state index in [2.05, 4.69) is 35.7 Å². The molecule has 1 unspecified atom stereocenters. The molecule has 0 aromatic carbocycles. The summed E-state index contributed by atoms with van der Waals surface area (Å²) in [7, 11) is 2.12. The van der Waals surface area contributed by atoms with Gasteiger partial charge in [-0.1, -0.05) is 13.0 Å². The first kappa shape index (κ1) is 21.0. The molecule has 0 amide bonds. The first-order chi connectivity index (χ1) is 11.2. The van der Waals surface area contributed by atoms with Crippen molar-refractivity contribution in [2.45, 2.75) is 32.2 Å². The lowest BCUT2D eigenvalue weighted by Gasteiger charge is -2.29. The summed E-state index contributed by atoms with van der Waals surface area (Å²) in [5.41, 5.74) is 0. The van der Waals surface area contributed by atoms with E-state index >= 15 is 0 Å². The highest BCUT2D eigenvalue weighted by atomic mass is 127. The molecule has 0 spiro atoms.